The molecule has 0 aliphatic heterocycles. The molecule has 1 heterocycles. The summed E-state index contributed by atoms with van der Waals surface area (Å²) in [6, 6.07) is 0. The van der Waals surface area contributed by atoms with E-state index in [-0.39, 0.29) is 17.4 Å². The first-order valence-electron chi connectivity index (χ1n) is 3.97. The summed E-state index contributed by atoms with van der Waals surface area (Å²) in [5.74, 6) is 4.95. The second-order valence-electron chi connectivity index (χ2n) is 2.65. The minimum atomic E-state index is -0.602. The third kappa shape index (κ3) is 2.43. The van der Waals surface area contributed by atoms with Gasteiger partial charge in [0.25, 0.3) is 0 Å². The predicted octanol–water partition coefficient (Wildman–Crippen LogP) is 1.30. The molecule has 0 atom stereocenters. The Labute approximate surface area is 90.9 Å². The smallest absolute Gasteiger partial charge is 0.310 e. The molecular weight excluding hydrogens is 220 g/mol. The van der Waals surface area contributed by atoms with Crippen LogP contribution in [-0.4, -0.2) is 21.6 Å². The van der Waals surface area contributed by atoms with Gasteiger partial charge in [-0.2, -0.15) is 0 Å². The Morgan fingerprint density at radius 3 is 2.93 bits per heavy atom. The van der Waals surface area contributed by atoms with Crippen molar-refractivity contribution in [1.82, 2.24) is 4.98 Å². The first kappa shape index (κ1) is 11.4. The van der Waals surface area contributed by atoms with Crippen molar-refractivity contribution in [2.45, 2.75) is 6.92 Å². The lowest BCUT2D eigenvalue weighted by atomic mass is 10.1. The molecule has 0 bridgehead atoms. The van der Waals surface area contributed by atoms with Crippen molar-refractivity contribution in [2.24, 2.45) is 0 Å². The lowest BCUT2D eigenvalue weighted by Gasteiger charge is -2.00. The lowest BCUT2D eigenvalue weighted by Crippen LogP contribution is -1.97. The Bertz CT molecular complexity index is 462. The summed E-state index contributed by atoms with van der Waals surface area (Å²) in [7, 11) is 0. The minimum Gasteiger partial charge on any atom is -0.384 e. The Balaban J connectivity index is 3.35. The Morgan fingerprint density at radius 1 is 1.73 bits per heavy atom. The molecule has 5 nitrogen and oxygen atoms in total. The second kappa shape index (κ2) is 4.73. The fraction of sp³-hybridized carbons (Fsp3) is 0.222. The van der Waals surface area contributed by atoms with Crippen molar-refractivity contribution in [2.75, 3.05) is 6.61 Å². The zero-order valence-corrected chi connectivity index (χ0v) is 8.58. The molecule has 78 valence electrons. The molecule has 0 aliphatic rings. The van der Waals surface area contributed by atoms with Crippen LogP contribution in [0.15, 0.2) is 6.20 Å². The third-order valence-electron chi connectivity index (χ3n) is 1.75. The average Bonchev–Trinajstić information content (AvgIpc) is 2.16. The number of aliphatic hydroxyl groups excluding tert-OH is 1. The molecule has 0 aromatic carbocycles. The first-order valence-corrected chi connectivity index (χ1v) is 4.35. The van der Waals surface area contributed by atoms with Crippen LogP contribution in [0.3, 0.4) is 0 Å². The van der Waals surface area contributed by atoms with Crippen molar-refractivity contribution in [3.05, 3.63) is 32.6 Å². The summed E-state index contributed by atoms with van der Waals surface area (Å²) in [4.78, 5) is 13.7. The molecule has 0 spiro atoms. The van der Waals surface area contributed by atoms with Gasteiger partial charge in [-0.3, -0.25) is 10.1 Å². The van der Waals surface area contributed by atoms with Gasteiger partial charge in [-0.1, -0.05) is 23.4 Å². The van der Waals surface area contributed by atoms with E-state index in [1.807, 2.05) is 0 Å². The third-order valence-corrected chi connectivity index (χ3v) is 2.02. The number of pyridine rings is 1. The number of hydrogen-bond acceptors (Lipinski definition) is 4. The van der Waals surface area contributed by atoms with Crippen LogP contribution in [0.1, 0.15) is 11.1 Å². The average molecular weight is 227 g/mol. The van der Waals surface area contributed by atoms with Gasteiger partial charge in [0, 0.05) is 11.8 Å². The normalized spacial score (nSPS) is 9.27. The molecule has 1 aromatic rings. The van der Waals surface area contributed by atoms with Crippen molar-refractivity contribution in [1.29, 1.82) is 0 Å². The van der Waals surface area contributed by atoms with Crippen LogP contribution in [0.25, 0.3) is 0 Å². The van der Waals surface area contributed by atoms with Crippen molar-refractivity contribution >= 4 is 17.3 Å². The van der Waals surface area contributed by atoms with Crippen LogP contribution in [0, 0.1) is 28.9 Å². The van der Waals surface area contributed by atoms with E-state index in [2.05, 4.69) is 16.8 Å². The van der Waals surface area contributed by atoms with Crippen LogP contribution in [0.2, 0.25) is 5.15 Å². The van der Waals surface area contributed by atoms with E-state index in [1.54, 1.807) is 0 Å². The van der Waals surface area contributed by atoms with Crippen LogP contribution in [-0.2, 0) is 0 Å². The minimum absolute atomic E-state index is 0.160. The van der Waals surface area contributed by atoms with Gasteiger partial charge in [-0.15, -0.1) is 0 Å². The SMILES string of the molecule is Cc1c(C#CCO)cnc(Cl)c1[N+](=O)[O-]. The van der Waals surface area contributed by atoms with Gasteiger partial charge in [-0.25, -0.2) is 4.98 Å². The molecule has 0 fully saturated rings. The van der Waals surface area contributed by atoms with Gasteiger partial charge in [0.05, 0.1) is 10.5 Å². The number of hydrogen-bond donors (Lipinski definition) is 1. The maximum absolute atomic E-state index is 10.7. The number of rotatable bonds is 1. The molecular formula is C9H7ClN2O3. The van der Waals surface area contributed by atoms with Gasteiger partial charge in [0.15, 0.2) is 0 Å². The van der Waals surface area contributed by atoms with Crippen molar-refractivity contribution < 1.29 is 10.0 Å². The number of nitrogens with zero attached hydrogens (tertiary/aromatic N) is 2. The van der Waals surface area contributed by atoms with E-state index in [0.29, 0.717) is 11.1 Å². The molecule has 0 aliphatic carbocycles. The molecule has 0 unspecified atom stereocenters. The largest absolute Gasteiger partial charge is 0.384 e. The summed E-state index contributed by atoms with van der Waals surface area (Å²) in [5, 5.41) is 19.0. The summed E-state index contributed by atoms with van der Waals surface area (Å²) < 4.78 is 0. The maximum atomic E-state index is 10.7. The molecule has 15 heavy (non-hydrogen) atoms. The summed E-state index contributed by atoms with van der Waals surface area (Å²) >= 11 is 5.58. The number of aliphatic hydroxyl groups is 1. The van der Waals surface area contributed by atoms with Crippen molar-refractivity contribution in [3.8, 4) is 11.8 Å². The van der Waals surface area contributed by atoms with E-state index in [4.69, 9.17) is 16.7 Å². The quantitative estimate of drug-likeness (QED) is 0.339. The summed E-state index contributed by atoms with van der Waals surface area (Å²) in [6.07, 6.45) is 1.34. The van der Waals surface area contributed by atoms with E-state index in [1.165, 1.54) is 13.1 Å². The molecule has 0 amide bonds. The summed E-state index contributed by atoms with van der Waals surface area (Å²) in [5.41, 5.74) is 0.488. The van der Waals surface area contributed by atoms with Gasteiger partial charge in [-0.05, 0) is 6.92 Å². The number of nitro groups is 1. The summed E-state index contributed by atoms with van der Waals surface area (Å²) in [6.45, 7) is 1.23. The van der Waals surface area contributed by atoms with Gasteiger partial charge in [0.2, 0.25) is 5.15 Å². The molecule has 0 radical (unpaired) electrons. The van der Waals surface area contributed by atoms with Crippen molar-refractivity contribution in [3.63, 3.8) is 0 Å². The number of aromatic nitrogens is 1. The molecule has 1 N–H and O–H groups in total. The molecule has 0 saturated carbocycles. The highest BCUT2D eigenvalue weighted by atomic mass is 35.5. The lowest BCUT2D eigenvalue weighted by molar-refractivity contribution is -0.385. The fourth-order valence-electron chi connectivity index (χ4n) is 1.03. The first-order chi connectivity index (χ1) is 7.07. The fourth-order valence-corrected chi connectivity index (χ4v) is 1.29. The topological polar surface area (TPSA) is 76.3 Å². The van der Waals surface area contributed by atoms with Crippen LogP contribution in [0.5, 0.6) is 0 Å². The maximum Gasteiger partial charge on any atom is 0.310 e. The Morgan fingerprint density at radius 2 is 2.40 bits per heavy atom. The van der Waals surface area contributed by atoms with E-state index < -0.39 is 4.92 Å². The number of halogens is 1. The van der Waals surface area contributed by atoms with Crippen LogP contribution < -0.4 is 0 Å². The monoisotopic (exact) mass is 226 g/mol. The highest BCUT2D eigenvalue weighted by Crippen LogP contribution is 2.27. The molecule has 1 rings (SSSR count). The predicted molar refractivity (Wildman–Crippen MR) is 54.6 cm³/mol. The van der Waals surface area contributed by atoms with E-state index in [9.17, 15) is 10.1 Å². The van der Waals surface area contributed by atoms with Gasteiger partial charge < -0.3 is 5.11 Å². The Hall–Kier alpha value is -1.64. The van der Waals surface area contributed by atoms with E-state index in [0.717, 1.165) is 0 Å². The van der Waals surface area contributed by atoms with E-state index >= 15 is 0 Å². The highest BCUT2D eigenvalue weighted by molar-refractivity contribution is 6.31. The molecule has 0 saturated heterocycles. The molecule has 6 heteroatoms. The van der Waals surface area contributed by atoms with Crippen LogP contribution in [0.4, 0.5) is 5.69 Å². The zero-order valence-electron chi connectivity index (χ0n) is 7.82. The standard InChI is InChI=1S/C9H7ClN2O3/c1-6-7(3-2-4-13)5-11-9(10)8(6)12(14)15/h5,13H,4H2,1H3. The molecule has 1 aromatic heterocycles. The Kier molecular flexibility index (Phi) is 3.61. The highest BCUT2D eigenvalue weighted by Gasteiger charge is 2.19. The van der Waals surface area contributed by atoms with Crippen LogP contribution >= 0.6 is 11.6 Å². The zero-order chi connectivity index (χ0) is 11.4. The van der Waals surface area contributed by atoms with Gasteiger partial charge >= 0.3 is 5.69 Å². The van der Waals surface area contributed by atoms with Gasteiger partial charge in [0.1, 0.15) is 6.61 Å². The second-order valence-corrected chi connectivity index (χ2v) is 3.01.